The molecule has 0 atom stereocenters. The molecule has 5 nitrogen and oxygen atoms in total. The molecule has 1 saturated carbocycles. The Morgan fingerprint density at radius 3 is 2.76 bits per heavy atom. The van der Waals surface area contributed by atoms with Gasteiger partial charge in [0, 0.05) is 24.7 Å². The second kappa shape index (κ2) is 6.93. The van der Waals surface area contributed by atoms with Crippen molar-refractivity contribution < 1.29 is 4.52 Å². The quantitative estimate of drug-likeness (QED) is 0.489. The SMILES string of the molecule is CN(C(N)=NCc1cc(-c2ccccc2)on1)C1CC1.I. The van der Waals surface area contributed by atoms with Crippen molar-refractivity contribution in [2.24, 2.45) is 10.7 Å². The summed E-state index contributed by atoms with van der Waals surface area (Å²) in [7, 11) is 1.98. The number of benzene rings is 1. The van der Waals surface area contributed by atoms with Gasteiger partial charge in [0.25, 0.3) is 0 Å². The molecule has 1 heterocycles. The predicted molar refractivity (Wildman–Crippen MR) is 93.5 cm³/mol. The van der Waals surface area contributed by atoms with Gasteiger partial charge in [0.2, 0.25) is 0 Å². The van der Waals surface area contributed by atoms with Crippen LogP contribution < -0.4 is 5.73 Å². The van der Waals surface area contributed by atoms with E-state index < -0.39 is 0 Å². The lowest BCUT2D eigenvalue weighted by Crippen LogP contribution is -2.35. The normalized spacial score (nSPS) is 14.6. The van der Waals surface area contributed by atoms with Gasteiger partial charge in [-0.3, -0.25) is 0 Å². The molecule has 1 aromatic carbocycles. The first-order valence-electron chi connectivity index (χ1n) is 6.78. The van der Waals surface area contributed by atoms with Crippen molar-refractivity contribution in [1.29, 1.82) is 0 Å². The van der Waals surface area contributed by atoms with E-state index in [1.807, 2.05) is 48.3 Å². The first kappa shape index (κ1) is 15.8. The first-order chi connectivity index (χ1) is 9.74. The molecule has 1 aliphatic rings. The van der Waals surface area contributed by atoms with Crippen molar-refractivity contribution in [3.05, 3.63) is 42.1 Å². The molecule has 1 fully saturated rings. The number of nitrogens with zero attached hydrogens (tertiary/aromatic N) is 3. The minimum absolute atomic E-state index is 0. The molecule has 0 aliphatic heterocycles. The highest BCUT2D eigenvalue weighted by Crippen LogP contribution is 2.25. The van der Waals surface area contributed by atoms with Crippen LogP contribution in [0.3, 0.4) is 0 Å². The Balaban J connectivity index is 0.00000161. The molecule has 0 saturated heterocycles. The van der Waals surface area contributed by atoms with Gasteiger partial charge < -0.3 is 15.2 Å². The molecule has 3 rings (SSSR count). The summed E-state index contributed by atoms with van der Waals surface area (Å²) < 4.78 is 5.33. The Labute approximate surface area is 141 Å². The van der Waals surface area contributed by atoms with Crippen LogP contribution in [-0.4, -0.2) is 29.1 Å². The number of aliphatic imine (C=N–C) groups is 1. The van der Waals surface area contributed by atoms with Crippen LogP contribution in [0, 0.1) is 0 Å². The maximum atomic E-state index is 5.94. The van der Waals surface area contributed by atoms with Gasteiger partial charge in [0.15, 0.2) is 11.7 Å². The van der Waals surface area contributed by atoms with Crippen molar-refractivity contribution in [3.8, 4) is 11.3 Å². The molecule has 0 unspecified atom stereocenters. The summed E-state index contributed by atoms with van der Waals surface area (Å²) in [5, 5.41) is 4.03. The van der Waals surface area contributed by atoms with Gasteiger partial charge in [-0.2, -0.15) is 0 Å². The van der Waals surface area contributed by atoms with Crippen molar-refractivity contribution in [2.75, 3.05) is 7.05 Å². The highest BCUT2D eigenvalue weighted by Gasteiger charge is 2.27. The summed E-state index contributed by atoms with van der Waals surface area (Å²) in [6, 6.07) is 12.4. The third-order valence-electron chi connectivity index (χ3n) is 3.48. The molecule has 0 amide bonds. The molecule has 2 N–H and O–H groups in total. The zero-order valence-corrected chi connectivity index (χ0v) is 14.2. The number of hydrogen-bond acceptors (Lipinski definition) is 3. The lowest BCUT2D eigenvalue weighted by molar-refractivity contribution is 0.423. The van der Waals surface area contributed by atoms with E-state index in [0.29, 0.717) is 18.5 Å². The monoisotopic (exact) mass is 398 g/mol. The Bertz CT molecular complexity index is 607. The average Bonchev–Trinajstić information content (AvgIpc) is 3.23. The van der Waals surface area contributed by atoms with Crippen LogP contribution in [0.2, 0.25) is 0 Å². The number of hydrogen-bond donors (Lipinski definition) is 1. The molecule has 1 aromatic heterocycles. The Morgan fingerprint density at radius 1 is 1.38 bits per heavy atom. The molecular weight excluding hydrogens is 379 g/mol. The van der Waals surface area contributed by atoms with Gasteiger partial charge >= 0.3 is 0 Å². The van der Waals surface area contributed by atoms with Gasteiger partial charge in [-0.1, -0.05) is 35.5 Å². The molecule has 21 heavy (non-hydrogen) atoms. The lowest BCUT2D eigenvalue weighted by Gasteiger charge is -2.16. The Morgan fingerprint density at radius 2 is 2.10 bits per heavy atom. The largest absolute Gasteiger partial charge is 0.370 e. The number of guanidine groups is 1. The molecule has 0 bridgehead atoms. The van der Waals surface area contributed by atoms with Gasteiger partial charge in [-0.05, 0) is 12.8 Å². The molecular formula is C15H19IN4O. The highest BCUT2D eigenvalue weighted by molar-refractivity contribution is 14.0. The van der Waals surface area contributed by atoms with Crippen LogP contribution in [0.4, 0.5) is 0 Å². The van der Waals surface area contributed by atoms with E-state index in [1.54, 1.807) is 0 Å². The predicted octanol–water partition coefficient (Wildman–Crippen LogP) is 2.87. The molecule has 0 radical (unpaired) electrons. The van der Waals surface area contributed by atoms with E-state index in [1.165, 1.54) is 12.8 Å². The van der Waals surface area contributed by atoms with E-state index in [4.69, 9.17) is 10.3 Å². The summed E-state index contributed by atoms with van der Waals surface area (Å²) in [5.74, 6) is 1.32. The zero-order valence-electron chi connectivity index (χ0n) is 11.9. The highest BCUT2D eigenvalue weighted by atomic mass is 127. The Hall–Kier alpha value is -1.57. The average molecular weight is 398 g/mol. The van der Waals surface area contributed by atoms with E-state index in [9.17, 15) is 0 Å². The fraction of sp³-hybridized carbons (Fsp3) is 0.333. The maximum Gasteiger partial charge on any atom is 0.191 e. The summed E-state index contributed by atoms with van der Waals surface area (Å²) in [5.41, 5.74) is 7.74. The van der Waals surface area contributed by atoms with E-state index in [0.717, 1.165) is 17.0 Å². The van der Waals surface area contributed by atoms with Gasteiger partial charge in [-0.15, -0.1) is 24.0 Å². The van der Waals surface area contributed by atoms with E-state index >= 15 is 0 Å². The van der Waals surface area contributed by atoms with E-state index in [-0.39, 0.29) is 24.0 Å². The molecule has 6 heteroatoms. The van der Waals surface area contributed by atoms with Crippen molar-refractivity contribution >= 4 is 29.9 Å². The third kappa shape index (κ3) is 3.96. The number of aromatic nitrogens is 1. The molecule has 112 valence electrons. The topological polar surface area (TPSA) is 67.7 Å². The third-order valence-corrected chi connectivity index (χ3v) is 3.48. The zero-order chi connectivity index (χ0) is 13.9. The van der Waals surface area contributed by atoms with Crippen molar-refractivity contribution in [1.82, 2.24) is 10.1 Å². The number of halogens is 1. The standard InChI is InChI=1S/C15H18N4O.HI/c1-19(13-7-8-13)15(16)17-10-12-9-14(20-18-12)11-5-3-2-4-6-11;/h2-6,9,13H,7-8,10H2,1H3,(H2,16,17);1H. The minimum Gasteiger partial charge on any atom is -0.370 e. The molecule has 2 aromatic rings. The van der Waals surface area contributed by atoms with Crippen LogP contribution in [0.5, 0.6) is 0 Å². The second-order valence-electron chi connectivity index (χ2n) is 5.07. The van der Waals surface area contributed by atoms with Crippen LogP contribution in [0.25, 0.3) is 11.3 Å². The summed E-state index contributed by atoms with van der Waals surface area (Å²) in [4.78, 5) is 6.39. The molecule has 1 aliphatic carbocycles. The number of nitrogens with two attached hydrogens (primary N) is 1. The van der Waals surface area contributed by atoms with Crippen LogP contribution in [0.15, 0.2) is 45.9 Å². The fourth-order valence-electron chi connectivity index (χ4n) is 2.05. The minimum atomic E-state index is 0. The maximum absolute atomic E-state index is 5.94. The lowest BCUT2D eigenvalue weighted by atomic mass is 10.2. The van der Waals surface area contributed by atoms with Gasteiger partial charge in [0.05, 0.1) is 6.54 Å². The van der Waals surface area contributed by atoms with Crippen LogP contribution >= 0.6 is 24.0 Å². The van der Waals surface area contributed by atoms with E-state index in [2.05, 4.69) is 10.1 Å². The van der Waals surface area contributed by atoms with Crippen molar-refractivity contribution in [3.63, 3.8) is 0 Å². The first-order valence-corrected chi connectivity index (χ1v) is 6.78. The van der Waals surface area contributed by atoms with Crippen LogP contribution in [0.1, 0.15) is 18.5 Å². The number of rotatable bonds is 4. The second-order valence-corrected chi connectivity index (χ2v) is 5.07. The van der Waals surface area contributed by atoms with Gasteiger partial charge in [-0.25, -0.2) is 4.99 Å². The summed E-state index contributed by atoms with van der Waals surface area (Å²) in [6.07, 6.45) is 2.41. The fourth-order valence-corrected chi connectivity index (χ4v) is 2.05. The Kier molecular flexibility index (Phi) is 5.22. The van der Waals surface area contributed by atoms with Crippen molar-refractivity contribution in [2.45, 2.75) is 25.4 Å². The van der Waals surface area contributed by atoms with Gasteiger partial charge in [0.1, 0.15) is 5.69 Å². The molecule has 0 spiro atoms. The van der Waals surface area contributed by atoms with Crippen LogP contribution in [-0.2, 0) is 6.54 Å². The summed E-state index contributed by atoms with van der Waals surface area (Å²) in [6.45, 7) is 0.444. The summed E-state index contributed by atoms with van der Waals surface area (Å²) >= 11 is 0. The smallest absolute Gasteiger partial charge is 0.191 e.